The minimum atomic E-state index is -0.850. The number of aliphatic imine (C=N–C) groups is 1. The summed E-state index contributed by atoms with van der Waals surface area (Å²) in [5.41, 5.74) is 23.2. The zero-order chi connectivity index (χ0) is 28.9. The number of benzene rings is 2. The highest BCUT2D eigenvalue weighted by molar-refractivity contribution is 5.92. The molecule has 0 spiro atoms. The highest BCUT2D eigenvalue weighted by atomic mass is 16.2. The van der Waals surface area contributed by atoms with Gasteiger partial charge in [0.15, 0.2) is 11.7 Å². The molecule has 0 unspecified atom stereocenters. The fourth-order valence-corrected chi connectivity index (χ4v) is 5.55. The Morgan fingerprint density at radius 2 is 1.77 bits per heavy atom. The first-order valence-corrected chi connectivity index (χ1v) is 14.4. The number of amides is 2. The molecule has 10 heteroatoms. The van der Waals surface area contributed by atoms with Crippen LogP contribution >= 0.6 is 0 Å². The predicted octanol–water partition coefficient (Wildman–Crippen LogP) is 1.57. The van der Waals surface area contributed by atoms with Crippen LogP contribution in [-0.2, 0) is 20.8 Å². The smallest absolute Gasteiger partial charge is 0.240 e. The summed E-state index contributed by atoms with van der Waals surface area (Å²) in [6, 6.07) is 13.6. The maximum atomic E-state index is 13.5. The van der Waals surface area contributed by atoms with Crippen LogP contribution in [0.25, 0.3) is 10.8 Å². The molecule has 218 valence electrons. The number of nitrogens with one attached hydrogen (secondary N) is 1. The van der Waals surface area contributed by atoms with Crippen LogP contribution in [0.2, 0.25) is 0 Å². The Bertz CT molecular complexity index is 1160. The van der Waals surface area contributed by atoms with Crippen LogP contribution in [0.5, 0.6) is 0 Å². The van der Waals surface area contributed by atoms with Gasteiger partial charge < -0.3 is 28.3 Å². The number of unbranched alkanes of at least 4 members (excludes halogenated alkanes) is 1. The van der Waals surface area contributed by atoms with E-state index in [-0.39, 0.29) is 30.1 Å². The Morgan fingerprint density at radius 3 is 2.52 bits per heavy atom. The lowest BCUT2D eigenvalue weighted by atomic mass is 9.91. The van der Waals surface area contributed by atoms with E-state index in [2.05, 4.69) is 51.6 Å². The number of carbonyl (C=O) groups is 3. The summed E-state index contributed by atoms with van der Waals surface area (Å²) >= 11 is 0. The molecule has 2 aromatic rings. The van der Waals surface area contributed by atoms with Gasteiger partial charge in [-0.2, -0.15) is 0 Å². The monoisotopic (exact) mass is 551 g/mol. The van der Waals surface area contributed by atoms with Crippen molar-refractivity contribution < 1.29 is 14.4 Å². The quantitative estimate of drug-likeness (QED) is 0.112. The zero-order valence-corrected chi connectivity index (χ0v) is 23.4. The second-order valence-corrected chi connectivity index (χ2v) is 10.6. The second kappa shape index (κ2) is 15.9. The average molecular weight is 552 g/mol. The molecule has 1 aliphatic rings. The van der Waals surface area contributed by atoms with Crippen LogP contribution in [0.15, 0.2) is 47.5 Å². The van der Waals surface area contributed by atoms with Crippen molar-refractivity contribution in [2.24, 2.45) is 33.8 Å². The van der Waals surface area contributed by atoms with Crippen LogP contribution < -0.4 is 28.3 Å². The lowest BCUT2D eigenvalue weighted by Gasteiger charge is -2.26. The normalized spacial score (nSPS) is 16.9. The number of likely N-dealkylation sites (tertiary alicyclic amines) is 1. The number of Topliss-reactive ketones (excluding diaryl/α,β-unsaturated/α-hetero) is 1. The molecule has 1 heterocycles. The number of guanidine groups is 1. The van der Waals surface area contributed by atoms with E-state index in [1.807, 2.05) is 6.07 Å². The lowest BCUT2D eigenvalue weighted by molar-refractivity contribution is -0.133. The van der Waals surface area contributed by atoms with Gasteiger partial charge in [0.25, 0.3) is 0 Å². The molecule has 0 aromatic heterocycles. The third kappa shape index (κ3) is 9.31. The zero-order valence-electron chi connectivity index (χ0n) is 23.4. The van der Waals surface area contributed by atoms with Crippen LogP contribution in [0.4, 0.5) is 0 Å². The van der Waals surface area contributed by atoms with Gasteiger partial charge in [-0.15, -0.1) is 0 Å². The van der Waals surface area contributed by atoms with E-state index in [1.54, 1.807) is 0 Å². The summed E-state index contributed by atoms with van der Waals surface area (Å²) in [4.78, 5) is 45.0. The van der Waals surface area contributed by atoms with Gasteiger partial charge in [-0.05, 0) is 74.4 Å². The molecule has 0 aliphatic carbocycles. The van der Waals surface area contributed by atoms with Gasteiger partial charge in [-0.3, -0.25) is 24.3 Å². The van der Waals surface area contributed by atoms with Crippen molar-refractivity contribution in [3.8, 4) is 0 Å². The molecule has 9 N–H and O–H groups in total. The summed E-state index contributed by atoms with van der Waals surface area (Å²) in [7, 11) is 0. The molecular formula is C30H45N7O3. The largest absolute Gasteiger partial charge is 0.370 e. The van der Waals surface area contributed by atoms with E-state index in [0.29, 0.717) is 32.4 Å². The van der Waals surface area contributed by atoms with Gasteiger partial charge in [-0.25, -0.2) is 0 Å². The van der Waals surface area contributed by atoms with Gasteiger partial charge in [0, 0.05) is 25.4 Å². The van der Waals surface area contributed by atoms with E-state index in [9.17, 15) is 14.4 Å². The first kappa shape index (κ1) is 31.0. The van der Waals surface area contributed by atoms with Crippen molar-refractivity contribution in [3.05, 3.63) is 48.0 Å². The van der Waals surface area contributed by atoms with Gasteiger partial charge in [0.1, 0.15) is 6.04 Å². The van der Waals surface area contributed by atoms with Crippen molar-refractivity contribution in [1.82, 2.24) is 10.2 Å². The van der Waals surface area contributed by atoms with Crippen molar-refractivity contribution in [2.45, 2.75) is 69.9 Å². The Kier molecular flexibility index (Phi) is 12.4. The number of carbonyl (C=O) groups excluding carboxylic acids is 3. The minimum absolute atomic E-state index is 0.0313. The molecule has 1 fully saturated rings. The molecule has 10 nitrogen and oxygen atoms in total. The molecule has 1 aliphatic heterocycles. The Balaban J connectivity index is 1.62. The van der Waals surface area contributed by atoms with Crippen molar-refractivity contribution >= 4 is 34.3 Å². The topological polar surface area (TPSA) is 183 Å². The fourth-order valence-electron chi connectivity index (χ4n) is 5.55. The minimum Gasteiger partial charge on any atom is -0.370 e. The van der Waals surface area contributed by atoms with Gasteiger partial charge in [-0.1, -0.05) is 48.9 Å². The Hall–Kier alpha value is -3.50. The number of rotatable bonds is 17. The van der Waals surface area contributed by atoms with Gasteiger partial charge in [0.05, 0.1) is 6.04 Å². The van der Waals surface area contributed by atoms with Gasteiger partial charge >= 0.3 is 0 Å². The van der Waals surface area contributed by atoms with E-state index in [0.717, 1.165) is 45.2 Å². The van der Waals surface area contributed by atoms with E-state index < -0.39 is 17.9 Å². The second-order valence-electron chi connectivity index (χ2n) is 10.6. The van der Waals surface area contributed by atoms with E-state index in [4.69, 9.17) is 22.9 Å². The van der Waals surface area contributed by atoms with Crippen LogP contribution in [-0.4, -0.2) is 66.7 Å². The SMILES string of the molecule is NCCCC[C@H](CC(=O)[C@@H]1CCCN1CCc1cccc2ccccc12)C(=O)N[C@@H](CCCN=C(N)N)C(N)=O. The van der Waals surface area contributed by atoms with E-state index in [1.165, 1.54) is 16.3 Å². The molecular weight excluding hydrogens is 506 g/mol. The number of primary amides is 1. The molecule has 1 saturated heterocycles. The molecule has 3 rings (SSSR count). The lowest BCUT2D eigenvalue weighted by Crippen LogP contribution is -2.47. The molecule has 3 atom stereocenters. The summed E-state index contributed by atoms with van der Waals surface area (Å²) in [5, 5.41) is 5.24. The van der Waals surface area contributed by atoms with Crippen LogP contribution in [0.3, 0.4) is 0 Å². The molecule has 2 aromatic carbocycles. The van der Waals surface area contributed by atoms with Gasteiger partial charge in [0.2, 0.25) is 11.8 Å². The highest BCUT2D eigenvalue weighted by Gasteiger charge is 2.33. The standard InChI is InChI=1S/C30H45N7O3/c31-16-4-3-9-23(29(40)36-25(28(32)39)13-6-17-35-30(33)34)20-27(38)26-14-7-18-37(26)19-15-22-11-5-10-21-8-1-2-12-24(21)22/h1-2,5,8,10-12,23,25-26H,3-4,6-7,9,13-20,31H2,(H2,32,39)(H,36,40)(H4,33,34,35)/t23-,25+,26+/m1/s1. The molecule has 0 saturated carbocycles. The van der Waals surface area contributed by atoms with Crippen LogP contribution in [0.1, 0.15) is 56.9 Å². The summed E-state index contributed by atoms with van der Waals surface area (Å²) in [6.45, 7) is 2.50. The summed E-state index contributed by atoms with van der Waals surface area (Å²) in [5.74, 6) is -1.45. The number of hydrogen-bond acceptors (Lipinski definition) is 6. The number of fused-ring (bicyclic) bond motifs is 1. The first-order chi connectivity index (χ1) is 19.3. The maximum Gasteiger partial charge on any atom is 0.240 e. The van der Waals surface area contributed by atoms with Crippen molar-refractivity contribution in [2.75, 3.05) is 26.2 Å². The van der Waals surface area contributed by atoms with Crippen molar-refractivity contribution in [1.29, 1.82) is 0 Å². The van der Waals surface area contributed by atoms with E-state index >= 15 is 0 Å². The van der Waals surface area contributed by atoms with Crippen molar-refractivity contribution in [3.63, 3.8) is 0 Å². The van der Waals surface area contributed by atoms with Crippen LogP contribution in [0, 0.1) is 5.92 Å². The fraction of sp³-hybridized carbons (Fsp3) is 0.533. The third-order valence-corrected chi connectivity index (χ3v) is 7.71. The molecule has 0 bridgehead atoms. The molecule has 2 amide bonds. The maximum absolute atomic E-state index is 13.5. The number of ketones is 1. The number of nitrogens with two attached hydrogens (primary N) is 4. The number of nitrogens with zero attached hydrogens (tertiary/aromatic N) is 2. The molecule has 0 radical (unpaired) electrons. The third-order valence-electron chi connectivity index (χ3n) is 7.71. The first-order valence-electron chi connectivity index (χ1n) is 14.4. The molecule has 40 heavy (non-hydrogen) atoms. The summed E-state index contributed by atoms with van der Waals surface area (Å²) < 4.78 is 0. The average Bonchev–Trinajstić information content (AvgIpc) is 3.41. The Labute approximate surface area is 236 Å². The summed E-state index contributed by atoms with van der Waals surface area (Å²) in [6.07, 6.45) is 5.53. The Morgan fingerprint density at radius 1 is 1.00 bits per heavy atom. The highest BCUT2D eigenvalue weighted by Crippen LogP contribution is 2.25. The predicted molar refractivity (Wildman–Crippen MR) is 159 cm³/mol. The number of hydrogen-bond donors (Lipinski definition) is 5.